The van der Waals surface area contributed by atoms with E-state index in [4.69, 9.17) is 42.5 Å². The molecule has 18 rings (SSSR count). The molecule has 0 amide bonds. The molecule has 694 valence electrons. The van der Waals surface area contributed by atoms with Crippen molar-refractivity contribution in [1.82, 2.24) is 28.7 Å². The van der Waals surface area contributed by atoms with Gasteiger partial charge in [0.1, 0.15) is 64.2 Å². The number of nitrogen functional groups attached to an aromatic ring is 1. The first-order valence-electron chi connectivity index (χ1n) is 43.0. The summed E-state index contributed by atoms with van der Waals surface area (Å²) in [5.74, 6) is 2.04. The minimum absolute atomic E-state index is 0. The van der Waals surface area contributed by atoms with Gasteiger partial charge in [0.2, 0.25) is 0 Å². The highest BCUT2D eigenvalue weighted by Crippen LogP contribution is 2.35. The predicted octanol–water partition coefficient (Wildman–Crippen LogP) is 22.5. The number of carbonyl (C=O) groups excluding carboxylic acids is 5. The standard InChI is InChI=1S/C25H24FN3O2Si.C22H16FN3O2.C20H15BrFN3O2.C16H11BrFNO.C13H9BrFNO.C5H10Si.C4H8O.CH4/c1-5-31-25(30)24-22-15-27-23(18-8-6-7-9-20(18)26)19-14-17(12-13-32(2,3)4)10-11-21(19)29(22)16-28-24;1-3-14-9-10-18-16(11-14)20(15-7-5-6-8-17(15)23)24-12-19-21(22(27)28-4-2)25-13-26(18)19;1-2-27-20(26)19-17-10-23-18(13-5-3-4-6-15(13)22)14-9-12(21)7-8-16(14)25(17)11-24-19;17-11-6-5-10-7-12(20)9-19-16(14(10)8-11)13-3-1-2-4-15(13)18;14-8-5-6-12(16)10(7-8)13(17)9-3-1-2-4-11(9)15;1-5-6(2,3)4;1-2-4-5-3-1;/h6-11,14,16H,5,15H2,1-4H3;1,5-11,13H,4,12H2,2H3;3-9,11H,2,10H2,1H3;1-6,8H,7,9H2;1-7H,16H2;1H,2-4H3;1-4H2;1H4. The fourth-order valence-corrected chi connectivity index (χ4v) is 15.8. The Hall–Kier alpha value is -13.8. The molecular formula is C106H97Br3F5N11O9Si2. The van der Waals surface area contributed by atoms with Crippen molar-refractivity contribution >= 4 is 122 Å². The molecule has 8 heterocycles. The number of terminal acetylenes is 2. The van der Waals surface area contributed by atoms with E-state index in [1.54, 1.807) is 154 Å². The lowest BCUT2D eigenvalue weighted by Crippen LogP contribution is -2.16. The number of hydrogen-bond donors (Lipinski definition) is 1. The maximum atomic E-state index is 14.8. The third kappa shape index (κ3) is 25.6. The van der Waals surface area contributed by atoms with Gasteiger partial charge in [-0.3, -0.25) is 43.3 Å². The molecule has 1 saturated heterocycles. The minimum atomic E-state index is -1.57. The van der Waals surface area contributed by atoms with Gasteiger partial charge in [-0.05, 0) is 185 Å². The van der Waals surface area contributed by atoms with Gasteiger partial charge in [-0.1, -0.05) is 173 Å². The van der Waals surface area contributed by atoms with Crippen LogP contribution in [0.1, 0.15) is 167 Å². The van der Waals surface area contributed by atoms with Gasteiger partial charge in [0.25, 0.3) is 0 Å². The van der Waals surface area contributed by atoms with Crippen molar-refractivity contribution in [3.05, 3.63) is 380 Å². The van der Waals surface area contributed by atoms with Gasteiger partial charge in [0, 0.05) is 99.9 Å². The van der Waals surface area contributed by atoms with Crippen LogP contribution in [0.3, 0.4) is 0 Å². The Balaban J connectivity index is 0.000000160. The maximum absolute atomic E-state index is 14.8. The Labute approximate surface area is 814 Å². The van der Waals surface area contributed by atoms with Gasteiger partial charge in [0.05, 0.1) is 109 Å². The topological polar surface area (TPSA) is 251 Å². The average molecular weight is 2060 g/mol. The molecule has 30 heteroatoms. The quantitative estimate of drug-likeness (QED) is 0.0227. The molecule has 0 bridgehead atoms. The van der Waals surface area contributed by atoms with Crippen molar-refractivity contribution in [3.63, 3.8) is 0 Å². The third-order valence-electron chi connectivity index (χ3n) is 20.7. The summed E-state index contributed by atoms with van der Waals surface area (Å²) < 4.78 is 99.5. The number of carbonyl (C=O) groups is 5. The Kier molecular flexibility index (Phi) is 35.8. The van der Waals surface area contributed by atoms with Crippen LogP contribution in [0.2, 0.25) is 39.3 Å². The van der Waals surface area contributed by atoms with E-state index in [9.17, 15) is 45.9 Å². The molecule has 0 spiro atoms. The van der Waals surface area contributed by atoms with E-state index in [-0.39, 0.29) is 105 Å². The molecular weight excluding hydrogens is 1960 g/mol. The normalized spacial score (nSPS) is 12.7. The number of aliphatic imine (C=N–C) groups is 4. The molecule has 0 radical (unpaired) electrons. The number of halogens is 8. The highest BCUT2D eigenvalue weighted by Gasteiger charge is 2.32. The Morgan fingerprint density at radius 3 is 1.18 bits per heavy atom. The van der Waals surface area contributed by atoms with Gasteiger partial charge in [0.15, 0.2) is 28.6 Å². The number of hydrogen-bond acceptors (Lipinski definition) is 17. The zero-order valence-electron chi connectivity index (χ0n) is 75.3. The lowest BCUT2D eigenvalue weighted by molar-refractivity contribution is -0.117. The molecule has 0 unspecified atom stereocenters. The van der Waals surface area contributed by atoms with E-state index >= 15 is 0 Å². The molecule has 10 aromatic carbocycles. The SMILES string of the molecule is C.C#C[Si](C)(C)C.C#Cc1ccc2c(c1)C(c1ccccc1F)=NCc1c(C(=O)OCC)ncn1-2.C1CCOC1.CCOC(=O)c1ncn2c1CN=C(c1ccccc1F)c1cc(Br)ccc1-2.CCOC(=O)c1ncn2c1CN=C(c1ccccc1F)c1cc(C#C[Si](C)(C)C)ccc1-2.Nc1ccc(Br)cc1C(=O)c1ccccc1F.O=C1CN=C(c2ccccc2F)c2cc(Br)ccc2C1. The van der Waals surface area contributed by atoms with E-state index in [1.807, 2.05) is 69.8 Å². The largest absolute Gasteiger partial charge is 0.461 e. The van der Waals surface area contributed by atoms with E-state index in [1.165, 1.54) is 55.3 Å². The Bertz CT molecular complexity index is 6960. The summed E-state index contributed by atoms with van der Waals surface area (Å²) in [5, 5.41) is 0. The second-order valence-corrected chi connectivity index (χ2v) is 44.8. The van der Waals surface area contributed by atoms with E-state index in [2.05, 4.69) is 140 Å². The summed E-state index contributed by atoms with van der Waals surface area (Å²) in [6.45, 7) is 21.6. The first kappa shape index (κ1) is 103. The lowest BCUT2D eigenvalue weighted by Gasteiger charge is -2.13. The number of benzene rings is 10. The van der Waals surface area contributed by atoms with Crippen molar-refractivity contribution in [1.29, 1.82) is 0 Å². The number of ketones is 2. The van der Waals surface area contributed by atoms with Crippen LogP contribution < -0.4 is 5.73 Å². The minimum Gasteiger partial charge on any atom is -0.461 e. The summed E-state index contributed by atoms with van der Waals surface area (Å²) >= 11 is 10.1. The number of esters is 3. The molecule has 0 saturated carbocycles. The number of ether oxygens (including phenoxy) is 4. The molecule has 0 atom stereocenters. The first-order chi connectivity index (χ1) is 64.8. The number of nitrogens with zero attached hydrogens (tertiary/aromatic N) is 10. The maximum Gasteiger partial charge on any atom is 0.358 e. The van der Waals surface area contributed by atoms with Crippen LogP contribution in [0, 0.1) is 64.9 Å². The molecule has 5 aliphatic rings. The van der Waals surface area contributed by atoms with Crippen molar-refractivity contribution in [3.8, 4) is 52.8 Å². The van der Waals surface area contributed by atoms with Crippen molar-refractivity contribution in [2.75, 3.05) is 45.3 Å². The molecule has 0 aliphatic carbocycles. The molecule has 136 heavy (non-hydrogen) atoms. The van der Waals surface area contributed by atoms with E-state index in [0.29, 0.717) is 91.0 Å². The van der Waals surface area contributed by atoms with Crippen LogP contribution >= 0.6 is 47.8 Å². The Morgan fingerprint density at radius 1 is 0.434 bits per heavy atom. The first-order valence-corrected chi connectivity index (χ1v) is 52.4. The monoisotopic (exact) mass is 2060 g/mol. The molecule has 2 N–H and O–H groups in total. The summed E-state index contributed by atoms with van der Waals surface area (Å²) in [6.07, 6.45) is 18.3. The van der Waals surface area contributed by atoms with Crippen molar-refractivity contribution in [2.24, 2.45) is 20.0 Å². The zero-order valence-corrected chi connectivity index (χ0v) is 82.1. The molecule has 3 aromatic heterocycles. The second-order valence-electron chi connectivity index (χ2n) is 32.5. The molecule has 13 aromatic rings. The molecule has 5 aliphatic heterocycles. The van der Waals surface area contributed by atoms with E-state index in [0.717, 1.165) is 71.5 Å². The van der Waals surface area contributed by atoms with Crippen molar-refractivity contribution < 1.29 is 64.9 Å². The highest BCUT2D eigenvalue weighted by atomic mass is 79.9. The fourth-order valence-electron chi connectivity index (χ4n) is 14.2. The highest BCUT2D eigenvalue weighted by molar-refractivity contribution is 9.11. The van der Waals surface area contributed by atoms with Crippen LogP contribution in [0.5, 0.6) is 0 Å². The number of Topliss-reactive ketones (excluding diaryl/α,β-unsaturated/α-hetero) is 1. The molecule has 1 fully saturated rings. The van der Waals surface area contributed by atoms with Crippen LogP contribution in [-0.4, -0.2) is 137 Å². The van der Waals surface area contributed by atoms with Gasteiger partial charge >= 0.3 is 17.9 Å². The number of aromatic nitrogens is 6. The lowest BCUT2D eigenvalue weighted by atomic mass is 9.96. The van der Waals surface area contributed by atoms with Gasteiger partial charge in [-0.15, -0.1) is 23.9 Å². The molecule has 20 nitrogen and oxygen atoms in total. The van der Waals surface area contributed by atoms with Crippen molar-refractivity contribution in [2.45, 2.75) is 106 Å². The number of anilines is 1. The number of nitrogens with two attached hydrogens (primary N) is 1. The van der Waals surface area contributed by atoms with E-state index < -0.39 is 45.7 Å². The summed E-state index contributed by atoms with van der Waals surface area (Å²) in [7, 11) is -2.67. The number of imidazole rings is 3. The van der Waals surface area contributed by atoms with Crippen LogP contribution in [0.25, 0.3) is 17.1 Å². The number of fused-ring (bicyclic) bond motifs is 10. The average Bonchev–Trinajstić information content (AvgIpc) is 1.62. The smallest absolute Gasteiger partial charge is 0.358 e. The summed E-state index contributed by atoms with van der Waals surface area (Å²) in [4.78, 5) is 91.9. The Morgan fingerprint density at radius 2 is 0.787 bits per heavy atom. The third-order valence-corrected chi connectivity index (χ3v) is 23.9. The van der Waals surface area contributed by atoms with Crippen LogP contribution in [-0.2, 0) is 49.8 Å². The van der Waals surface area contributed by atoms with Crippen LogP contribution in [0.15, 0.2) is 265 Å². The second kappa shape index (κ2) is 47.4. The predicted molar refractivity (Wildman–Crippen MR) is 539 cm³/mol. The van der Waals surface area contributed by atoms with Gasteiger partial charge in [-0.25, -0.2) is 51.3 Å². The van der Waals surface area contributed by atoms with Gasteiger partial charge < -0.3 is 24.7 Å². The zero-order chi connectivity index (χ0) is 96.8. The summed E-state index contributed by atoms with van der Waals surface area (Å²) in [5.41, 5.74) is 26.2. The fraction of sp³-hybridized carbons (Fsp3) is 0.208. The number of rotatable bonds is 12. The van der Waals surface area contributed by atoms with Crippen LogP contribution in [0.4, 0.5) is 27.6 Å². The summed E-state index contributed by atoms with van der Waals surface area (Å²) in [6, 6.07) is 59.3. The van der Waals surface area contributed by atoms with Gasteiger partial charge in [-0.2, -0.15) is 0 Å².